The summed E-state index contributed by atoms with van der Waals surface area (Å²) in [5, 5.41) is 5.91. The summed E-state index contributed by atoms with van der Waals surface area (Å²) in [5.41, 5.74) is -0.192. The first-order valence-electron chi connectivity index (χ1n) is 8.00. The number of hydrogen-bond donors (Lipinski definition) is 2. The van der Waals surface area contributed by atoms with Crippen LogP contribution >= 0.6 is 11.3 Å². The van der Waals surface area contributed by atoms with Crippen LogP contribution in [0.15, 0.2) is 36.5 Å². The van der Waals surface area contributed by atoms with Crippen LogP contribution in [0.1, 0.15) is 20.8 Å². The maximum atomic E-state index is 13.4. The third-order valence-corrected chi connectivity index (χ3v) is 5.19. The van der Waals surface area contributed by atoms with Gasteiger partial charge in [-0.05, 0) is 48.2 Å². The lowest BCUT2D eigenvalue weighted by Crippen LogP contribution is -2.29. The summed E-state index contributed by atoms with van der Waals surface area (Å²) in [6.45, 7) is 1.91. The molecular weight excluding hydrogens is 382 g/mol. The molecule has 0 unspecified atom stereocenters. The van der Waals surface area contributed by atoms with E-state index in [9.17, 15) is 22.4 Å². The first kappa shape index (κ1) is 19.1. The van der Waals surface area contributed by atoms with Gasteiger partial charge in [0.05, 0.1) is 10.4 Å². The van der Waals surface area contributed by atoms with Crippen LogP contribution in [0.5, 0.6) is 0 Å². The third kappa shape index (κ3) is 4.19. The number of rotatable bonds is 5. The molecule has 1 amide bonds. The standard InChI is InChI=1S/C18H15F4N3OS/c1-10-12-9-11(19)4-5-14(12)27-15(10)17(26)25-8-7-24-16-13(18(20,21)22)3-2-6-23-16/h2-6,9H,7-8H2,1H3,(H,23,24)(H,25,26). The van der Waals surface area contributed by atoms with Gasteiger partial charge in [0.15, 0.2) is 0 Å². The highest BCUT2D eigenvalue weighted by atomic mass is 32.1. The molecule has 0 aliphatic carbocycles. The molecule has 142 valence electrons. The zero-order chi connectivity index (χ0) is 19.6. The number of fused-ring (bicyclic) bond motifs is 1. The molecule has 0 fully saturated rings. The normalized spacial score (nSPS) is 11.6. The van der Waals surface area contributed by atoms with Gasteiger partial charge in [-0.25, -0.2) is 9.37 Å². The summed E-state index contributed by atoms with van der Waals surface area (Å²) in [7, 11) is 0. The van der Waals surface area contributed by atoms with Crippen molar-refractivity contribution in [2.75, 3.05) is 18.4 Å². The van der Waals surface area contributed by atoms with Gasteiger partial charge in [-0.3, -0.25) is 4.79 Å². The van der Waals surface area contributed by atoms with Crippen molar-refractivity contribution in [1.82, 2.24) is 10.3 Å². The Kier molecular flexibility index (Phi) is 5.31. The number of pyridine rings is 1. The van der Waals surface area contributed by atoms with Crippen molar-refractivity contribution in [2.45, 2.75) is 13.1 Å². The lowest BCUT2D eigenvalue weighted by molar-refractivity contribution is -0.137. The van der Waals surface area contributed by atoms with Crippen LogP contribution in [0.25, 0.3) is 10.1 Å². The predicted octanol–water partition coefficient (Wildman–Crippen LogP) is 4.60. The van der Waals surface area contributed by atoms with E-state index in [1.165, 1.54) is 35.7 Å². The van der Waals surface area contributed by atoms with Gasteiger partial charge in [0.25, 0.3) is 5.91 Å². The quantitative estimate of drug-likeness (QED) is 0.489. The molecule has 2 aromatic heterocycles. The van der Waals surface area contributed by atoms with E-state index in [1.54, 1.807) is 13.0 Å². The molecule has 2 heterocycles. The van der Waals surface area contributed by atoms with Gasteiger partial charge in [-0.1, -0.05) is 0 Å². The highest BCUT2D eigenvalue weighted by Gasteiger charge is 2.33. The highest BCUT2D eigenvalue weighted by molar-refractivity contribution is 7.21. The minimum Gasteiger partial charge on any atom is -0.368 e. The largest absolute Gasteiger partial charge is 0.419 e. The zero-order valence-electron chi connectivity index (χ0n) is 14.2. The van der Waals surface area contributed by atoms with Crippen molar-refractivity contribution in [3.63, 3.8) is 0 Å². The molecule has 0 saturated heterocycles. The summed E-state index contributed by atoms with van der Waals surface area (Å²) in [4.78, 5) is 16.5. The lowest BCUT2D eigenvalue weighted by atomic mass is 10.1. The van der Waals surface area contributed by atoms with Crippen LogP contribution in [0.3, 0.4) is 0 Å². The van der Waals surface area contributed by atoms with E-state index < -0.39 is 11.7 Å². The van der Waals surface area contributed by atoms with Gasteiger partial charge in [0.1, 0.15) is 11.6 Å². The monoisotopic (exact) mass is 397 g/mol. The van der Waals surface area contributed by atoms with E-state index in [2.05, 4.69) is 15.6 Å². The molecule has 3 aromatic rings. The van der Waals surface area contributed by atoms with E-state index >= 15 is 0 Å². The maximum absolute atomic E-state index is 13.4. The molecule has 1 aromatic carbocycles. The number of alkyl halides is 3. The molecule has 0 spiro atoms. The van der Waals surface area contributed by atoms with Crippen LogP contribution in [0, 0.1) is 12.7 Å². The number of halogens is 4. The van der Waals surface area contributed by atoms with E-state index in [-0.39, 0.29) is 30.6 Å². The number of carbonyl (C=O) groups excluding carboxylic acids is 1. The Morgan fingerprint density at radius 3 is 2.74 bits per heavy atom. The molecule has 0 radical (unpaired) electrons. The molecule has 0 aliphatic heterocycles. The number of thiophene rings is 1. The first-order chi connectivity index (χ1) is 12.8. The van der Waals surface area contributed by atoms with Crippen molar-refractivity contribution in [2.24, 2.45) is 0 Å². The molecule has 0 atom stereocenters. The van der Waals surface area contributed by atoms with Crippen LogP contribution < -0.4 is 10.6 Å². The van der Waals surface area contributed by atoms with Gasteiger partial charge >= 0.3 is 6.18 Å². The van der Waals surface area contributed by atoms with Crippen LogP contribution in [-0.2, 0) is 6.18 Å². The Bertz CT molecular complexity index is 984. The summed E-state index contributed by atoms with van der Waals surface area (Å²) in [5.74, 6) is -1.02. The number of nitrogens with one attached hydrogen (secondary N) is 2. The van der Waals surface area contributed by atoms with Crippen molar-refractivity contribution < 1.29 is 22.4 Å². The van der Waals surface area contributed by atoms with Gasteiger partial charge in [-0.2, -0.15) is 13.2 Å². The fourth-order valence-corrected chi connectivity index (χ4v) is 3.73. The summed E-state index contributed by atoms with van der Waals surface area (Å²) < 4.78 is 52.9. The zero-order valence-corrected chi connectivity index (χ0v) is 15.0. The van der Waals surface area contributed by atoms with Crippen molar-refractivity contribution >= 4 is 33.1 Å². The predicted molar refractivity (Wildman–Crippen MR) is 96.6 cm³/mol. The Hall–Kier alpha value is -2.68. The summed E-state index contributed by atoms with van der Waals surface area (Å²) >= 11 is 1.24. The molecule has 0 bridgehead atoms. The SMILES string of the molecule is Cc1c(C(=O)NCCNc2ncccc2C(F)(F)F)sc2ccc(F)cc12. The fourth-order valence-electron chi connectivity index (χ4n) is 2.62. The fraction of sp³-hybridized carbons (Fsp3) is 0.222. The van der Waals surface area contributed by atoms with Crippen LogP contribution in [0.2, 0.25) is 0 Å². The Labute approximate surface area is 156 Å². The number of benzene rings is 1. The number of aryl methyl sites for hydroxylation is 1. The molecule has 27 heavy (non-hydrogen) atoms. The van der Waals surface area contributed by atoms with Crippen LogP contribution in [0.4, 0.5) is 23.4 Å². The summed E-state index contributed by atoms with van der Waals surface area (Å²) in [6, 6.07) is 6.46. The second-order valence-corrected chi connectivity index (χ2v) is 6.83. The van der Waals surface area contributed by atoms with E-state index in [0.717, 1.165) is 10.8 Å². The lowest BCUT2D eigenvalue weighted by Gasteiger charge is -2.13. The topological polar surface area (TPSA) is 54.0 Å². The van der Waals surface area contributed by atoms with Gasteiger partial charge in [0, 0.05) is 24.0 Å². The minimum atomic E-state index is -4.51. The molecule has 2 N–H and O–H groups in total. The van der Waals surface area contributed by atoms with E-state index in [4.69, 9.17) is 0 Å². The van der Waals surface area contributed by atoms with Gasteiger partial charge < -0.3 is 10.6 Å². The number of anilines is 1. The first-order valence-corrected chi connectivity index (χ1v) is 8.82. The van der Waals surface area contributed by atoms with Gasteiger partial charge in [-0.15, -0.1) is 11.3 Å². The van der Waals surface area contributed by atoms with E-state index in [1.807, 2.05) is 0 Å². The van der Waals surface area contributed by atoms with Crippen molar-refractivity contribution in [3.8, 4) is 0 Å². The Morgan fingerprint density at radius 2 is 2.00 bits per heavy atom. The highest BCUT2D eigenvalue weighted by Crippen LogP contribution is 2.33. The van der Waals surface area contributed by atoms with Crippen molar-refractivity contribution in [1.29, 1.82) is 0 Å². The number of amides is 1. The average Bonchev–Trinajstić information content (AvgIpc) is 2.94. The molecular formula is C18H15F4N3OS. The number of carbonyl (C=O) groups is 1. The maximum Gasteiger partial charge on any atom is 0.419 e. The smallest absolute Gasteiger partial charge is 0.368 e. The molecule has 9 heteroatoms. The van der Waals surface area contributed by atoms with Gasteiger partial charge in [0.2, 0.25) is 0 Å². The number of hydrogen-bond acceptors (Lipinski definition) is 4. The Balaban J connectivity index is 1.62. The molecule has 0 aliphatic rings. The van der Waals surface area contributed by atoms with E-state index in [0.29, 0.717) is 15.8 Å². The minimum absolute atomic E-state index is 0.0738. The molecule has 4 nitrogen and oxygen atoms in total. The molecule has 0 saturated carbocycles. The third-order valence-electron chi connectivity index (χ3n) is 3.92. The second kappa shape index (κ2) is 7.51. The molecule has 3 rings (SSSR count). The number of nitrogens with zero attached hydrogens (tertiary/aromatic N) is 1. The second-order valence-electron chi connectivity index (χ2n) is 5.78. The Morgan fingerprint density at radius 1 is 1.22 bits per heavy atom. The summed E-state index contributed by atoms with van der Waals surface area (Å²) in [6.07, 6.45) is -3.25. The van der Waals surface area contributed by atoms with Crippen LogP contribution in [-0.4, -0.2) is 24.0 Å². The number of aromatic nitrogens is 1. The average molecular weight is 397 g/mol. The van der Waals surface area contributed by atoms with Crippen molar-refractivity contribution in [3.05, 3.63) is 58.3 Å².